The molecule has 0 spiro atoms. The van der Waals surface area contributed by atoms with Crippen molar-refractivity contribution in [3.8, 4) is 11.8 Å². The summed E-state index contributed by atoms with van der Waals surface area (Å²) in [5, 5.41) is 0. The predicted molar refractivity (Wildman–Crippen MR) is 82.5 cm³/mol. The van der Waals surface area contributed by atoms with Gasteiger partial charge in [-0.05, 0) is 39.8 Å². The summed E-state index contributed by atoms with van der Waals surface area (Å²) in [7, 11) is 6.23. The predicted octanol–water partition coefficient (Wildman–Crippen LogP) is 2.04. The summed E-state index contributed by atoms with van der Waals surface area (Å²) in [5.41, 5.74) is 0. The Hall–Kier alpha value is -1.60. The van der Waals surface area contributed by atoms with Crippen LogP contribution >= 0.6 is 0 Å². The maximum absolute atomic E-state index is 4.37. The van der Waals surface area contributed by atoms with E-state index in [0.717, 1.165) is 12.4 Å². The van der Waals surface area contributed by atoms with Crippen LogP contribution in [0.3, 0.4) is 0 Å². The van der Waals surface area contributed by atoms with Gasteiger partial charge in [-0.3, -0.25) is 9.88 Å². The maximum atomic E-state index is 4.37. The fourth-order valence-corrected chi connectivity index (χ4v) is 2.62. The molecule has 1 heterocycles. The molecule has 0 aliphatic heterocycles. The lowest BCUT2D eigenvalue weighted by Crippen LogP contribution is -2.35. The van der Waals surface area contributed by atoms with E-state index in [9.17, 15) is 0 Å². The fourth-order valence-electron chi connectivity index (χ4n) is 2.62. The highest BCUT2D eigenvalue weighted by molar-refractivity contribution is 5.35. The van der Waals surface area contributed by atoms with Crippen molar-refractivity contribution < 1.29 is 0 Å². The van der Waals surface area contributed by atoms with Gasteiger partial charge in [0, 0.05) is 31.4 Å². The zero-order valence-electron chi connectivity index (χ0n) is 12.7. The van der Waals surface area contributed by atoms with E-state index < -0.39 is 0 Å². The number of rotatable bonds is 3. The Morgan fingerprint density at radius 1 is 1.15 bits per heavy atom. The van der Waals surface area contributed by atoms with E-state index in [1.165, 1.54) is 25.7 Å². The molecule has 1 saturated carbocycles. The second kappa shape index (κ2) is 7.25. The Balaban J connectivity index is 1.83. The normalized spacial score (nSPS) is 22.2. The highest BCUT2D eigenvalue weighted by atomic mass is 15.2. The minimum atomic E-state index is 0.568. The molecule has 0 saturated heterocycles. The quantitative estimate of drug-likeness (QED) is 0.788. The first-order valence-corrected chi connectivity index (χ1v) is 7.29. The van der Waals surface area contributed by atoms with Gasteiger partial charge in [-0.15, -0.1) is 0 Å². The van der Waals surface area contributed by atoms with Gasteiger partial charge in [-0.2, -0.15) is 0 Å². The van der Waals surface area contributed by atoms with E-state index >= 15 is 0 Å². The van der Waals surface area contributed by atoms with Crippen molar-refractivity contribution in [3.05, 3.63) is 18.6 Å². The van der Waals surface area contributed by atoms with Gasteiger partial charge in [0.1, 0.15) is 5.82 Å². The van der Waals surface area contributed by atoms with Gasteiger partial charge in [0.2, 0.25) is 0 Å². The Labute approximate surface area is 122 Å². The molecule has 1 fully saturated rings. The lowest BCUT2D eigenvalue weighted by Gasteiger charge is -2.33. The molecular formula is C16H24N4. The molecule has 20 heavy (non-hydrogen) atoms. The van der Waals surface area contributed by atoms with Gasteiger partial charge in [0.05, 0.1) is 12.7 Å². The zero-order chi connectivity index (χ0) is 14.4. The third-order valence-corrected chi connectivity index (χ3v) is 3.86. The summed E-state index contributed by atoms with van der Waals surface area (Å²) < 4.78 is 0. The molecule has 0 aromatic carbocycles. The van der Waals surface area contributed by atoms with Crippen molar-refractivity contribution in [3.63, 3.8) is 0 Å². The first-order chi connectivity index (χ1) is 9.66. The molecule has 4 heteroatoms. The molecule has 1 aliphatic carbocycles. The van der Waals surface area contributed by atoms with Gasteiger partial charge in [0.15, 0.2) is 0 Å². The minimum Gasteiger partial charge on any atom is -0.355 e. The van der Waals surface area contributed by atoms with Crippen LogP contribution in [0.15, 0.2) is 18.6 Å². The van der Waals surface area contributed by atoms with Crippen LogP contribution in [0.25, 0.3) is 0 Å². The number of aromatic nitrogens is 2. The van der Waals surface area contributed by atoms with Crippen LogP contribution in [0.2, 0.25) is 0 Å². The first kappa shape index (κ1) is 14.8. The molecule has 0 N–H and O–H groups in total. The van der Waals surface area contributed by atoms with Crippen molar-refractivity contribution in [1.29, 1.82) is 0 Å². The van der Waals surface area contributed by atoms with Crippen LogP contribution in [0.1, 0.15) is 25.7 Å². The third-order valence-electron chi connectivity index (χ3n) is 3.86. The van der Waals surface area contributed by atoms with Crippen molar-refractivity contribution >= 4 is 5.82 Å². The zero-order valence-corrected chi connectivity index (χ0v) is 12.7. The molecule has 0 atom stereocenters. The van der Waals surface area contributed by atoms with Crippen molar-refractivity contribution in [2.75, 3.05) is 32.6 Å². The second-order valence-corrected chi connectivity index (χ2v) is 5.74. The highest BCUT2D eigenvalue weighted by Gasteiger charge is 2.23. The van der Waals surface area contributed by atoms with Crippen molar-refractivity contribution in [2.45, 2.75) is 31.7 Å². The lowest BCUT2D eigenvalue weighted by molar-refractivity contribution is 0.373. The standard InChI is InChI=1S/C16H24N4/c1-19(2)12-4-5-14-6-8-15(9-7-14)20(3)16-13-17-10-11-18-16/h10-11,13-15H,6-9,12H2,1-3H3. The largest absolute Gasteiger partial charge is 0.355 e. The van der Waals surface area contributed by atoms with Crippen LogP contribution in [0, 0.1) is 17.8 Å². The van der Waals surface area contributed by atoms with Gasteiger partial charge >= 0.3 is 0 Å². The summed E-state index contributed by atoms with van der Waals surface area (Å²) in [6.07, 6.45) is 10.1. The van der Waals surface area contributed by atoms with E-state index in [0.29, 0.717) is 12.0 Å². The average Bonchev–Trinajstić information content (AvgIpc) is 2.48. The van der Waals surface area contributed by atoms with E-state index in [1.807, 2.05) is 6.20 Å². The monoisotopic (exact) mass is 272 g/mol. The van der Waals surface area contributed by atoms with E-state index in [-0.39, 0.29) is 0 Å². The summed E-state index contributed by atoms with van der Waals surface area (Å²) >= 11 is 0. The van der Waals surface area contributed by atoms with Crippen LogP contribution < -0.4 is 4.90 Å². The van der Waals surface area contributed by atoms with E-state index in [1.54, 1.807) is 12.4 Å². The molecule has 4 nitrogen and oxygen atoms in total. The highest BCUT2D eigenvalue weighted by Crippen LogP contribution is 2.28. The summed E-state index contributed by atoms with van der Waals surface area (Å²) in [6, 6.07) is 0.568. The topological polar surface area (TPSA) is 32.3 Å². The molecule has 1 aromatic heterocycles. The van der Waals surface area contributed by atoms with Crippen molar-refractivity contribution in [1.82, 2.24) is 14.9 Å². The van der Waals surface area contributed by atoms with Crippen LogP contribution in [-0.2, 0) is 0 Å². The van der Waals surface area contributed by atoms with Crippen molar-refractivity contribution in [2.24, 2.45) is 5.92 Å². The lowest BCUT2D eigenvalue weighted by atomic mass is 9.86. The second-order valence-electron chi connectivity index (χ2n) is 5.74. The summed E-state index contributed by atoms with van der Waals surface area (Å²) in [5.74, 6) is 8.22. The number of anilines is 1. The SMILES string of the molecule is CN(C)CC#CC1CCC(N(C)c2cnccn2)CC1. The average molecular weight is 272 g/mol. The van der Waals surface area contributed by atoms with Crippen LogP contribution in [0.5, 0.6) is 0 Å². The molecule has 1 aliphatic rings. The Morgan fingerprint density at radius 3 is 2.50 bits per heavy atom. The van der Waals surface area contributed by atoms with E-state index in [4.69, 9.17) is 0 Å². The van der Waals surface area contributed by atoms with Gasteiger partial charge in [-0.25, -0.2) is 4.98 Å². The molecular weight excluding hydrogens is 248 g/mol. The van der Waals surface area contributed by atoms with Gasteiger partial charge < -0.3 is 4.90 Å². The molecule has 0 unspecified atom stereocenters. The van der Waals surface area contributed by atoms with Crippen LogP contribution in [-0.4, -0.2) is 48.6 Å². The molecule has 0 amide bonds. The van der Waals surface area contributed by atoms with Crippen LogP contribution in [0.4, 0.5) is 5.82 Å². The summed E-state index contributed by atoms with van der Waals surface area (Å²) in [4.78, 5) is 12.9. The molecule has 0 bridgehead atoms. The molecule has 108 valence electrons. The maximum Gasteiger partial charge on any atom is 0.147 e. The molecule has 1 aromatic rings. The number of hydrogen-bond acceptors (Lipinski definition) is 4. The fraction of sp³-hybridized carbons (Fsp3) is 0.625. The van der Waals surface area contributed by atoms with Gasteiger partial charge in [0.25, 0.3) is 0 Å². The molecule has 2 rings (SSSR count). The third kappa shape index (κ3) is 4.21. The minimum absolute atomic E-state index is 0.568. The van der Waals surface area contributed by atoms with E-state index in [2.05, 4.69) is 52.8 Å². The first-order valence-electron chi connectivity index (χ1n) is 7.29. The Bertz CT molecular complexity index is 452. The summed E-state index contributed by atoms with van der Waals surface area (Å²) in [6.45, 7) is 0.861. The number of hydrogen-bond donors (Lipinski definition) is 0. The van der Waals surface area contributed by atoms with Gasteiger partial charge in [-0.1, -0.05) is 11.8 Å². The number of nitrogens with zero attached hydrogens (tertiary/aromatic N) is 4. The smallest absolute Gasteiger partial charge is 0.147 e. The Kier molecular flexibility index (Phi) is 5.37. The Morgan fingerprint density at radius 2 is 1.90 bits per heavy atom. The molecule has 0 radical (unpaired) electrons.